The van der Waals surface area contributed by atoms with Crippen molar-refractivity contribution in [1.29, 1.82) is 0 Å². The van der Waals surface area contributed by atoms with Gasteiger partial charge in [0.1, 0.15) is 0 Å². The van der Waals surface area contributed by atoms with E-state index in [-0.39, 0.29) is 0 Å². The van der Waals surface area contributed by atoms with E-state index in [4.69, 9.17) is 0 Å². The van der Waals surface area contributed by atoms with Crippen LogP contribution in [0.25, 0.3) is 0 Å². The summed E-state index contributed by atoms with van der Waals surface area (Å²) in [5.41, 5.74) is 0. The third-order valence-electron chi connectivity index (χ3n) is 1.74. The fraction of sp³-hybridized carbons (Fsp3) is 0.556. The zero-order valence-electron chi connectivity index (χ0n) is 6.59. The number of allylic oxidation sites excluding steroid dienone is 1. The number of rotatable bonds is 2. The Morgan fingerprint density at radius 1 is 1.50 bits per heavy atom. The predicted molar refractivity (Wildman–Crippen MR) is 45.0 cm³/mol. The Kier molecular flexibility index (Phi) is 3.23. The highest BCUT2D eigenvalue weighted by atomic mass is 15.1. The Morgan fingerprint density at radius 3 is 3.00 bits per heavy atom. The molecule has 0 bridgehead atoms. The summed E-state index contributed by atoms with van der Waals surface area (Å²) in [4.78, 5) is 2.43. The van der Waals surface area contributed by atoms with Crippen molar-refractivity contribution in [3.8, 4) is 0 Å². The SMILES string of the molecule is CC=CCN1CC=CCC1. The molecule has 1 heterocycles. The smallest absolute Gasteiger partial charge is 0.0166 e. The van der Waals surface area contributed by atoms with Crippen molar-refractivity contribution in [2.45, 2.75) is 13.3 Å². The van der Waals surface area contributed by atoms with Crippen molar-refractivity contribution < 1.29 is 0 Å². The standard InChI is InChI=1S/C9H15N/c1-2-3-7-10-8-5-4-6-9-10/h2-5H,6-9H2,1H3. The summed E-state index contributed by atoms with van der Waals surface area (Å²) < 4.78 is 0. The number of nitrogens with zero attached hydrogens (tertiary/aromatic N) is 1. The zero-order chi connectivity index (χ0) is 7.23. The van der Waals surface area contributed by atoms with Crippen LogP contribution in [0.5, 0.6) is 0 Å². The highest BCUT2D eigenvalue weighted by Crippen LogP contribution is 1.99. The van der Waals surface area contributed by atoms with Gasteiger partial charge in [-0.1, -0.05) is 24.3 Å². The Morgan fingerprint density at radius 2 is 2.40 bits per heavy atom. The molecule has 0 spiro atoms. The highest BCUT2D eigenvalue weighted by molar-refractivity contribution is 4.93. The van der Waals surface area contributed by atoms with Gasteiger partial charge in [0.2, 0.25) is 0 Å². The van der Waals surface area contributed by atoms with E-state index in [2.05, 4.69) is 36.1 Å². The summed E-state index contributed by atoms with van der Waals surface area (Å²) in [6.07, 6.45) is 10.0. The van der Waals surface area contributed by atoms with E-state index in [9.17, 15) is 0 Å². The number of hydrogen-bond acceptors (Lipinski definition) is 1. The van der Waals surface area contributed by atoms with Crippen LogP contribution in [0, 0.1) is 0 Å². The van der Waals surface area contributed by atoms with Crippen LogP contribution in [0.4, 0.5) is 0 Å². The Bertz CT molecular complexity index is 136. The first-order valence-electron chi connectivity index (χ1n) is 3.92. The van der Waals surface area contributed by atoms with Gasteiger partial charge in [-0.05, 0) is 13.3 Å². The van der Waals surface area contributed by atoms with Gasteiger partial charge in [0.25, 0.3) is 0 Å². The minimum atomic E-state index is 1.11. The molecule has 1 aliphatic rings. The molecule has 10 heavy (non-hydrogen) atoms. The molecule has 0 amide bonds. The molecular weight excluding hydrogens is 122 g/mol. The summed E-state index contributed by atoms with van der Waals surface area (Å²) >= 11 is 0. The fourth-order valence-electron chi connectivity index (χ4n) is 1.11. The van der Waals surface area contributed by atoms with Crippen LogP contribution in [-0.4, -0.2) is 24.5 Å². The lowest BCUT2D eigenvalue weighted by atomic mass is 10.2. The largest absolute Gasteiger partial charge is 0.296 e. The first kappa shape index (κ1) is 7.55. The average molecular weight is 137 g/mol. The third-order valence-corrected chi connectivity index (χ3v) is 1.74. The highest BCUT2D eigenvalue weighted by Gasteiger charge is 2.01. The summed E-state index contributed by atoms with van der Waals surface area (Å²) in [5.74, 6) is 0. The maximum absolute atomic E-state index is 2.43. The molecule has 0 aliphatic carbocycles. The molecular formula is C9H15N. The van der Waals surface area contributed by atoms with Crippen LogP contribution in [0.1, 0.15) is 13.3 Å². The summed E-state index contributed by atoms with van der Waals surface area (Å²) in [5, 5.41) is 0. The lowest BCUT2D eigenvalue weighted by molar-refractivity contribution is 0.331. The van der Waals surface area contributed by atoms with Gasteiger partial charge in [-0.3, -0.25) is 4.90 Å². The van der Waals surface area contributed by atoms with Gasteiger partial charge in [-0.15, -0.1) is 0 Å². The second kappa shape index (κ2) is 4.29. The molecule has 0 N–H and O–H groups in total. The van der Waals surface area contributed by atoms with E-state index in [1.54, 1.807) is 0 Å². The molecule has 1 heteroatoms. The molecule has 0 radical (unpaired) electrons. The topological polar surface area (TPSA) is 3.24 Å². The van der Waals surface area contributed by atoms with Gasteiger partial charge in [-0.2, -0.15) is 0 Å². The molecule has 0 unspecified atom stereocenters. The van der Waals surface area contributed by atoms with Gasteiger partial charge in [0.15, 0.2) is 0 Å². The molecule has 1 nitrogen and oxygen atoms in total. The molecule has 0 saturated carbocycles. The van der Waals surface area contributed by atoms with Gasteiger partial charge in [0.05, 0.1) is 0 Å². The number of hydrogen-bond donors (Lipinski definition) is 0. The molecule has 0 aromatic rings. The average Bonchev–Trinajstić information content (AvgIpc) is 2.03. The Balaban J connectivity index is 2.22. The van der Waals surface area contributed by atoms with Gasteiger partial charge >= 0.3 is 0 Å². The van der Waals surface area contributed by atoms with E-state index >= 15 is 0 Å². The maximum atomic E-state index is 2.43. The molecule has 1 aliphatic heterocycles. The van der Waals surface area contributed by atoms with Crippen molar-refractivity contribution in [1.82, 2.24) is 4.90 Å². The molecule has 0 fully saturated rings. The molecule has 56 valence electrons. The molecule has 0 aromatic carbocycles. The minimum Gasteiger partial charge on any atom is -0.296 e. The van der Waals surface area contributed by atoms with E-state index in [0.717, 1.165) is 13.1 Å². The third kappa shape index (κ3) is 2.36. The van der Waals surface area contributed by atoms with Crippen molar-refractivity contribution in [2.24, 2.45) is 0 Å². The zero-order valence-corrected chi connectivity index (χ0v) is 6.59. The van der Waals surface area contributed by atoms with Crippen LogP contribution < -0.4 is 0 Å². The monoisotopic (exact) mass is 137 g/mol. The lowest BCUT2D eigenvalue weighted by Crippen LogP contribution is -2.27. The normalized spacial score (nSPS) is 20.5. The van der Waals surface area contributed by atoms with Crippen LogP contribution in [0.3, 0.4) is 0 Å². The van der Waals surface area contributed by atoms with Crippen LogP contribution in [0.15, 0.2) is 24.3 Å². The van der Waals surface area contributed by atoms with E-state index in [0.29, 0.717) is 0 Å². The maximum Gasteiger partial charge on any atom is 0.0166 e. The molecule has 0 aromatic heterocycles. The minimum absolute atomic E-state index is 1.11. The molecule has 0 atom stereocenters. The van der Waals surface area contributed by atoms with Crippen LogP contribution in [0.2, 0.25) is 0 Å². The Labute approximate surface area is 63.0 Å². The summed E-state index contributed by atoms with van der Waals surface area (Å²) in [6.45, 7) is 5.53. The summed E-state index contributed by atoms with van der Waals surface area (Å²) in [7, 11) is 0. The second-order valence-electron chi connectivity index (χ2n) is 2.59. The van der Waals surface area contributed by atoms with Crippen molar-refractivity contribution in [2.75, 3.05) is 19.6 Å². The predicted octanol–water partition coefficient (Wildman–Crippen LogP) is 1.82. The van der Waals surface area contributed by atoms with Gasteiger partial charge in [0, 0.05) is 19.6 Å². The Hall–Kier alpha value is -0.560. The van der Waals surface area contributed by atoms with Crippen molar-refractivity contribution in [3.63, 3.8) is 0 Å². The molecule has 1 rings (SSSR count). The summed E-state index contributed by atoms with van der Waals surface area (Å²) in [6, 6.07) is 0. The van der Waals surface area contributed by atoms with Crippen LogP contribution in [-0.2, 0) is 0 Å². The van der Waals surface area contributed by atoms with Crippen LogP contribution >= 0.6 is 0 Å². The lowest BCUT2D eigenvalue weighted by Gasteiger charge is -2.20. The second-order valence-corrected chi connectivity index (χ2v) is 2.59. The van der Waals surface area contributed by atoms with E-state index in [1.807, 2.05) is 0 Å². The fourth-order valence-corrected chi connectivity index (χ4v) is 1.11. The van der Waals surface area contributed by atoms with Crippen molar-refractivity contribution in [3.05, 3.63) is 24.3 Å². The quantitative estimate of drug-likeness (QED) is 0.525. The molecule has 0 saturated heterocycles. The van der Waals surface area contributed by atoms with Gasteiger partial charge < -0.3 is 0 Å². The van der Waals surface area contributed by atoms with E-state index in [1.165, 1.54) is 13.0 Å². The van der Waals surface area contributed by atoms with Crippen molar-refractivity contribution >= 4 is 0 Å². The van der Waals surface area contributed by atoms with Gasteiger partial charge in [-0.25, -0.2) is 0 Å². The first-order chi connectivity index (χ1) is 4.93. The first-order valence-corrected chi connectivity index (χ1v) is 3.92. The van der Waals surface area contributed by atoms with E-state index < -0.39 is 0 Å².